The van der Waals surface area contributed by atoms with Gasteiger partial charge in [0.1, 0.15) is 5.75 Å². The Balaban J connectivity index is 0.00000324. The molecule has 1 aliphatic heterocycles. The molecule has 0 unspecified atom stereocenters. The molecule has 1 N–H and O–H groups in total. The maximum Gasteiger partial charge on any atom is 1.00 e. The summed E-state index contributed by atoms with van der Waals surface area (Å²) < 4.78 is 5.48. The molecule has 1 amide bonds. The zero-order valence-corrected chi connectivity index (χ0v) is 21.7. The van der Waals surface area contributed by atoms with Gasteiger partial charge in [-0.2, -0.15) is 0 Å². The van der Waals surface area contributed by atoms with Crippen molar-refractivity contribution in [2.24, 2.45) is 4.99 Å². The molecular weight excluding hydrogens is 459 g/mol. The Morgan fingerprint density at radius 1 is 1.00 bits per heavy atom. The van der Waals surface area contributed by atoms with Gasteiger partial charge in [-0.05, 0) is 71.3 Å². The van der Waals surface area contributed by atoms with Crippen molar-refractivity contribution >= 4 is 40.6 Å². The maximum atomic E-state index is 12.4. The molecule has 0 saturated carbocycles. The number of thioether (sulfide) groups is 1. The number of carbonyl (C=O) groups is 2. The molecule has 1 fully saturated rings. The Morgan fingerprint density at radius 3 is 2.21 bits per heavy atom. The number of hydrogen-bond donors (Lipinski definition) is 1. The van der Waals surface area contributed by atoms with Gasteiger partial charge in [0.15, 0.2) is 5.17 Å². The minimum absolute atomic E-state index is 0. The summed E-state index contributed by atoms with van der Waals surface area (Å²) in [7, 11) is 0. The van der Waals surface area contributed by atoms with Crippen LogP contribution in [0.25, 0.3) is 17.2 Å². The van der Waals surface area contributed by atoms with Crippen LogP contribution in [-0.4, -0.2) is 23.7 Å². The minimum atomic E-state index is -1.13. The van der Waals surface area contributed by atoms with E-state index in [9.17, 15) is 14.7 Å². The van der Waals surface area contributed by atoms with E-state index in [1.54, 1.807) is 24.3 Å². The van der Waals surface area contributed by atoms with Crippen LogP contribution in [0.3, 0.4) is 0 Å². The number of carbonyl (C=O) groups excluding carboxylic acids is 2. The number of carboxylic acid groups (broad SMARTS) is 1. The van der Waals surface area contributed by atoms with E-state index in [-0.39, 0.29) is 41.9 Å². The number of carboxylic acids is 1. The van der Waals surface area contributed by atoms with E-state index in [0.29, 0.717) is 27.9 Å². The van der Waals surface area contributed by atoms with Crippen LogP contribution in [-0.2, 0) is 16.0 Å². The zero-order chi connectivity index (χ0) is 23.2. The van der Waals surface area contributed by atoms with Gasteiger partial charge in [0.2, 0.25) is 0 Å². The van der Waals surface area contributed by atoms with E-state index < -0.39 is 5.97 Å². The fourth-order valence-electron chi connectivity index (χ4n) is 3.29. The number of hydrogen-bond acceptors (Lipinski definition) is 6. The number of nitrogens with one attached hydrogen (secondary N) is 1. The van der Waals surface area contributed by atoms with Gasteiger partial charge in [0.25, 0.3) is 5.91 Å². The smallest absolute Gasteiger partial charge is 0.550 e. The average molecular weight is 481 g/mol. The maximum absolute atomic E-state index is 12.4. The molecule has 0 aromatic heterocycles. The number of aliphatic carboxylic acids is 1. The third-order valence-electron chi connectivity index (χ3n) is 4.87. The van der Waals surface area contributed by atoms with E-state index >= 15 is 0 Å². The van der Waals surface area contributed by atoms with E-state index in [0.717, 1.165) is 22.4 Å². The molecule has 1 saturated heterocycles. The quantitative estimate of drug-likeness (QED) is 0.402. The van der Waals surface area contributed by atoms with Gasteiger partial charge in [0, 0.05) is 12.4 Å². The molecule has 1 heterocycles. The first-order valence-corrected chi connectivity index (χ1v) is 11.2. The molecule has 0 atom stereocenters. The van der Waals surface area contributed by atoms with Crippen LogP contribution in [0.4, 0.5) is 5.69 Å². The van der Waals surface area contributed by atoms with Gasteiger partial charge >= 0.3 is 29.6 Å². The van der Waals surface area contributed by atoms with Crippen molar-refractivity contribution in [1.29, 1.82) is 0 Å². The normalized spacial score (nSPS) is 15.1. The number of aliphatic imine (C=N–C) groups is 1. The summed E-state index contributed by atoms with van der Waals surface area (Å²) in [6.07, 6.45) is 1.68. The Hall–Kier alpha value is -2.84. The molecule has 4 rings (SSSR count). The number of amides is 1. The van der Waals surface area contributed by atoms with Crippen LogP contribution in [0.2, 0.25) is 0 Å². The van der Waals surface area contributed by atoms with Crippen molar-refractivity contribution in [3.63, 3.8) is 0 Å². The van der Waals surface area contributed by atoms with Crippen molar-refractivity contribution < 1.29 is 49.0 Å². The largest absolute Gasteiger partial charge is 1.00 e. The molecule has 0 bridgehead atoms. The third-order valence-corrected chi connectivity index (χ3v) is 5.78. The summed E-state index contributed by atoms with van der Waals surface area (Å²) in [4.78, 5) is 28.0. The van der Waals surface area contributed by atoms with Gasteiger partial charge < -0.3 is 20.0 Å². The molecule has 34 heavy (non-hydrogen) atoms. The summed E-state index contributed by atoms with van der Waals surface area (Å²) in [6.45, 7) is 2.59. The molecule has 6 nitrogen and oxygen atoms in total. The predicted octanol–water partition coefficient (Wildman–Crippen LogP) is 0.940. The molecule has 0 spiro atoms. The van der Waals surface area contributed by atoms with Gasteiger partial charge in [-0.1, -0.05) is 48.5 Å². The Morgan fingerprint density at radius 2 is 1.62 bits per heavy atom. The predicted molar refractivity (Wildman–Crippen MR) is 129 cm³/mol. The number of amidine groups is 1. The molecule has 3 aromatic rings. The fourth-order valence-corrected chi connectivity index (χ4v) is 4.13. The van der Waals surface area contributed by atoms with Gasteiger partial charge in [0.05, 0.1) is 17.2 Å². The van der Waals surface area contributed by atoms with E-state index in [1.165, 1.54) is 11.8 Å². The summed E-state index contributed by atoms with van der Waals surface area (Å²) in [5, 5.41) is 13.9. The van der Waals surface area contributed by atoms with Crippen LogP contribution in [0.5, 0.6) is 5.75 Å². The average Bonchev–Trinajstić information content (AvgIpc) is 3.14. The van der Waals surface area contributed by atoms with Gasteiger partial charge in [-0.3, -0.25) is 4.79 Å². The number of benzene rings is 3. The first-order chi connectivity index (χ1) is 16.0. The molecule has 0 radical (unpaired) electrons. The Kier molecular flexibility index (Phi) is 9.12. The number of nitrogens with zero attached hydrogens (tertiary/aromatic N) is 1. The van der Waals surface area contributed by atoms with Gasteiger partial charge in [-0.25, -0.2) is 4.99 Å². The van der Waals surface area contributed by atoms with Crippen LogP contribution in [0.1, 0.15) is 18.1 Å². The molecular formula is C26H21N2NaO4S. The Bertz CT molecular complexity index is 1220. The fraction of sp³-hybridized carbons (Fsp3) is 0.115. The van der Waals surface area contributed by atoms with Crippen LogP contribution in [0, 0.1) is 0 Å². The van der Waals surface area contributed by atoms with Crippen LogP contribution >= 0.6 is 11.8 Å². The van der Waals surface area contributed by atoms with E-state index in [4.69, 9.17) is 4.74 Å². The molecule has 166 valence electrons. The molecule has 0 aliphatic carbocycles. The van der Waals surface area contributed by atoms with Crippen molar-refractivity contribution in [2.45, 2.75) is 13.3 Å². The summed E-state index contributed by atoms with van der Waals surface area (Å²) in [5.41, 5.74) is 4.34. The number of rotatable bonds is 7. The summed E-state index contributed by atoms with van der Waals surface area (Å²) >= 11 is 1.26. The van der Waals surface area contributed by atoms with E-state index in [1.807, 2.05) is 61.5 Å². The standard InChI is InChI=1S/C26H22N2O4S.Na/c1-2-32-22-13-9-20(10-14-22)19-7-3-17(4-8-19)15-23-25(31)28-26(33-23)27-21-11-5-18(6-12-21)16-24(29)30;/h3-15H,2,16H2,1H3,(H,29,30)(H,27,28,31);/q;+1/p-1. The molecule has 3 aromatic carbocycles. The summed E-state index contributed by atoms with van der Waals surface area (Å²) in [5.74, 6) is -0.490. The van der Waals surface area contributed by atoms with Crippen LogP contribution < -0.4 is 44.7 Å². The molecule has 1 aliphatic rings. The second kappa shape index (κ2) is 12.0. The molecule has 8 heteroatoms. The second-order valence-electron chi connectivity index (χ2n) is 7.28. The second-order valence-corrected chi connectivity index (χ2v) is 8.31. The monoisotopic (exact) mass is 480 g/mol. The summed E-state index contributed by atoms with van der Waals surface area (Å²) in [6, 6.07) is 22.7. The SMILES string of the molecule is CCOc1ccc(-c2ccc(C=C3SC(=Nc4ccc(CC(=O)[O-])cc4)NC3=O)cc2)cc1.[Na+]. The zero-order valence-electron chi connectivity index (χ0n) is 18.9. The topological polar surface area (TPSA) is 90.8 Å². The first kappa shape index (κ1) is 25.8. The number of ether oxygens (including phenoxy) is 1. The van der Waals surface area contributed by atoms with Crippen molar-refractivity contribution in [3.05, 3.63) is 88.8 Å². The first-order valence-electron chi connectivity index (χ1n) is 10.4. The van der Waals surface area contributed by atoms with E-state index in [2.05, 4.69) is 10.3 Å². The van der Waals surface area contributed by atoms with Gasteiger partial charge in [-0.15, -0.1) is 0 Å². The van der Waals surface area contributed by atoms with Crippen molar-refractivity contribution in [2.75, 3.05) is 6.61 Å². The van der Waals surface area contributed by atoms with Crippen molar-refractivity contribution in [1.82, 2.24) is 5.32 Å². The van der Waals surface area contributed by atoms with Crippen LogP contribution in [0.15, 0.2) is 82.7 Å². The van der Waals surface area contributed by atoms with Crippen molar-refractivity contribution in [3.8, 4) is 16.9 Å². The minimum Gasteiger partial charge on any atom is -0.550 e. The third kappa shape index (κ3) is 6.84. The Labute approximate surface area is 224 Å².